The van der Waals surface area contributed by atoms with Crippen LogP contribution in [-0.2, 0) is 0 Å². The van der Waals surface area contributed by atoms with Crippen molar-refractivity contribution < 1.29 is 14.4 Å². The van der Waals surface area contributed by atoms with E-state index in [1.807, 2.05) is 26.0 Å². The summed E-state index contributed by atoms with van der Waals surface area (Å²) in [5, 5.41) is 18.0. The van der Waals surface area contributed by atoms with Gasteiger partial charge < -0.3 is 19.8 Å². The van der Waals surface area contributed by atoms with Crippen LogP contribution < -0.4 is 10.2 Å². The molecule has 0 bridgehead atoms. The van der Waals surface area contributed by atoms with E-state index in [-0.39, 0.29) is 17.9 Å². The number of hydrogen-bond acceptors (Lipinski definition) is 7. The first kappa shape index (κ1) is 20.8. The average Bonchev–Trinajstić information content (AvgIpc) is 3.39. The second-order valence-electron chi connectivity index (χ2n) is 8.92. The minimum atomic E-state index is -0.365. The van der Waals surface area contributed by atoms with E-state index in [9.17, 15) is 9.90 Å². The molecule has 1 aliphatic heterocycles. The number of thiazole rings is 1. The maximum absolute atomic E-state index is 12.4. The zero-order valence-corrected chi connectivity index (χ0v) is 18.5. The highest BCUT2D eigenvalue weighted by Gasteiger charge is 2.22. The van der Waals surface area contributed by atoms with Gasteiger partial charge in [0.1, 0.15) is 15.6 Å². The van der Waals surface area contributed by atoms with Crippen molar-refractivity contribution in [2.24, 2.45) is 11.3 Å². The van der Waals surface area contributed by atoms with Crippen LogP contribution in [-0.4, -0.2) is 47.4 Å². The molecule has 3 heterocycles. The van der Waals surface area contributed by atoms with Crippen molar-refractivity contribution in [3.8, 4) is 10.7 Å². The molecule has 2 N–H and O–H groups in total. The SMILES string of the molecule is CC1CCN(c2ccc3c(-c4ncc(C(=O)NCC(C)(C)CO)s4)noc3c2)CC1. The second kappa shape index (κ2) is 8.35. The predicted molar refractivity (Wildman–Crippen MR) is 119 cm³/mol. The van der Waals surface area contributed by atoms with Crippen LogP contribution in [0, 0.1) is 11.3 Å². The number of aliphatic hydroxyl groups is 1. The number of aromatic nitrogens is 2. The van der Waals surface area contributed by atoms with Crippen LogP contribution in [0.1, 0.15) is 43.3 Å². The zero-order chi connectivity index (χ0) is 21.3. The fourth-order valence-electron chi connectivity index (χ4n) is 3.50. The van der Waals surface area contributed by atoms with Crippen LogP contribution in [0.5, 0.6) is 0 Å². The molecule has 30 heavy (non-hydrogen) atoms. The van der Waals surface area contributed by atoms with E-state index in [4.69, 9.17) is 4.52 Å². The van der Waals surface area contributed by atoms with Gasteiger partial charge in [-0.15, -0.1) is 11.3 Å². The van der Waals surface area contributed by atoms with Crippen molar-refractivity contribution in [2.45, 2.75) is 33.6 Å². The smallest absolute Gasteiger partial charge is 0.263 e. The standard InChI is InChI=1S/C22H28N4O3S/c1-14-6-8-26(9-7-14)15-4-5-16-17(10-15)29-25-19(16)21-23-11-18(30-21)20(28)24-12-22(2,3)13-27/h4-5,10-11,14,27H,6-9,12-13H2,1-3H3,(H,24,28). The molecule has 2 aromatic heterocycles. The monoisotopic (exact) mass is 428 g/mol. The van der Waals surface area contributed by atoms with E-state index in [2.05, 4.69) is 33.3 Å². The Morgan fingerprint density at radius 3 is 2.87 bits per heavy atom. The van der Waals surface area contributed by atoms with Gasteiger partial charge in [-0.1, -0.05) is 25.9 Å². The van der Waals surface area contributed by atoms with Gasteiger partial charge >= 0.3 is 0 Å². The molecule has 1 fully saturated rings. The van der Waals surface area contributed by atoms with E-state index in [0.29, 0.717) is 22.1 Å². The number of aliphatic hydroxyl groups excluding tert-OH is 1. The lowest BCUT2D eigenvalue weighted by atomic mass is 9.95. The fourth-order valence-corrected chi connectivity index (χ4v) is 4.32. The van der Waals surface area contributed by atoms with Crippen LogP contribution in [0.4, 0.5) is 5.69 Å². The Bertz CT molecular complexity index is 1030. The first-order valence-corrected chi connectivity index (χ1v) is 11.2. The molecule has 0 saturated carbocycles. The van der Waals surface area contributed by atoms with E-state index >= 15 is 0 Å². The van der Waals surface area contributed by atoms with Crippen molar-refractivity contribution in [3.63, 3.8) is 0 Å². The predicted octanol–water partition coefficient (Wildman–Crippen LogP) is 3.94. The number of benzene rings is 1. The topological polar surface area (TPSA) is 91.5 Å². The highest BCUT2D eigenvalue weighted by molar-refractivity contribution is 7.17. The number of amides is 1. The number of fused-ring (bicyclic) bond motifs is 1. The maximum Gasteiger partial charge on any atom is 0.263 e. The van der Waals surface area contributed by atoms with Gasteiger partial charge in [0.15, 0.2) is 5.58 Å². The van der Waals surface area contributed by atoms with Gasteiger partial charge in [0, 0.05) is 43.4 Å². The quantitative estimate of drug-likeness (QED) is 0.618. The maximum atomic E-state index is 12.4. The van der Waals surface area contributed by atoms with Crippen LogP contribution in [0.25, 0.3) is 21.7 Å². The average molecular weight is 429 g/mol. The molecule has 160 valence electrons. The molecule has 1 aromatic carbocycles. The second-order valence-corrected chi connectivity index (χ2v) is 9.95. The number of anilines is 1. The Labute approximate surface area is 180 Å². The normalized spacial score (nSPS) is 15.7. The highest BCUT2D eigenvalue weighted by atomic mass is 32.1. The molecule has 4 rings (SSSR count). The Balaban J connectivity index is 1.51. The van der Waals surface area contributed by atoms with Crippen LogP contribution in [0.3, 0.4) is 0 Å². The summed E-state index contributed by atoms with van der Waals surface area (Å²) < 4.78 is 5.59. The summed E-state index contributed by atoms with van der Waals surface area (Å²) in [6.07, 6.45) is 3.98. The zero-order valence-electron chi connectivity index (χ0n) is 17.6. The number of piperidine rings is 1. The van der Waals surface area contributed by atoms with Gasteiger partial charge in [0.2, 0.25) is 0 Å². The number of nitrogens with zero attached hydrogens (tertiary/aromatic N) is 3. The number of nitrogens with one attached hydrogen (secondary N) is 1. The largest absolute Gasteiger partial charge is 0.396 e. The molecule has 0 radical (unpaired) electrons. The van der Waals surface area contributed by atoms with Crippen LogP contribution in [0.2, 0.25) is 0 Å². The molecule has 8 heteroatoms. The van der Waals surface area contributed by atoms with Crippen molar-refractivity contribution in [1.29, 1.82) is 0 Å². The Morgan fingerprint density at radius 2 is 2.13 bits per heavy atom. The molecule has 1 saturated heterocycles. The number of carbonyl (C=O) groups excluding carboxylic acids is 1. The summed E-state index contributed by atoms with van der Waals surface area (Å²) >= 11 is 1.29. The van der Waals surface area contributed by atoms with Crippen LogP contribution in [0.15, 0.2) is 28.9 Å². The van der Waals surface area contributed by atoms with Gasteiger partial charge in [-0.2, -0.15) is 0 Å². The molecule has 0 unspecified atom stereocenters. The molecule has 0 atom stereocenters. The molecular weight excluding hydrogens is 400 g/mol. The Kier molecular flexibility index (Phi) is 5.79. The summed E-state index contributed by atoms with van der Waals surface area (Å²) in [4.78, 5) is 19.7. The van der Waals surface area contributed by atoms with Gasteiger partial charge in [-0.05, 0) is 30.9 Å². The highest BCUT2D eigenvalue weighted by Crippen LogP contribution is 2.34. The minimum absolute atomic E-state index is 0.00456. The first-order chi connectivity index (χ1) is 14.4. The molecule has 0 aliphatic carbocycles. The summed E-state index contributed by atoms with van der Waals surface area (Å²) in [7, 11) is 0. The molecule has 3 aromatic rings. The lowest BCUT2D eigenvalue weighted by molar-refractivity contribution is 0.0915. The number of hydrogen-bond donors (Lipinski definition) is 2. The third kappa shape index (κ3) is 4.34. The third-order valence-electron chi connectivity index (χ3n) is 5.69. The van der Waals surface area contributed by atoms with Crippen molar-refractivity contribution in [3.05, 3.63) is 29.3 Å². The summed E-state index contributed by atoms with van der Waals surface area (Å²) in [6, 6.07) is 6.18. The van der Waals surface area contributed by atoms with Crippen molar-refractivity contribution >= 4 is 33.9 Å². The van der Waals surface area contributed by atoms with E-state index < -0.39 is 0 Å². The van der Waals surface area contributed by atoms with E-state index in [1.165, 1.54) is 24.2 Å². The van der Waals surface area contributed by atoms with Gasteiger partial charge in [-0.25, -0.2) is 4.98 Å². The Morgan fingerprint density at radius 1 is 1.37 bits per heavy atom. The van der Waals surface area contributed by atoms with E-state index in [0.717, 1.165) is 35.7 Å². The van der Waals surface area contributed by atoms with Gasteiger partial charge in [0.25, 0.3) is 5.91 Å². The molecule has 1 aliphatic rings. The van der Waals surface area contributed by atoms with Gasteiger partial charge in [0.05, 0.1) is 11.6 Å². The molecule has 1 amide bonds. The Hall–Kier alpha value is -2.45. The molecule has 7 nitrogen and oxygen atoms in total. The third-order valence-corrected chi connectivity index (χ3v) is 6.69. The van der Waals surface area contributed by atoms with E-state index in [1.54, 1.807) is 6.20 Å². The fraction of sp³-hybridized carbons (Fsp3) is 0.500. The lowest BCUT2D eigenvalue weighted by Gasteiger charge is -2.32. The molecular formula is C22H28N4O3S. The minimum Gasteiger partial charge on any atom is -0.396 e. The van der Waals surface area contributed by atoms with Gasteiger partial charge in [-0.3, -0.25) is 4.79 Å². The number of rotatable bonds is 6. The lowest BCUT2D eigenvalue weighted by Crippen LogP contribution is -2.35. The first-order valence-electron chi connectivity index (χ1n) is 10.4. The number of carbonyl (C=O) groups is 1. The van der Waals surface area contributed by atoms with Crippen molar-refractivity contribution in [2.75, 3.05) is 31.1 Å². The molecule has 0 spiro atoms. The summed E-state index contributed by atoms with van der Waals surface area (Å²) in [5.41, 5.74) is 2.17. The summed E-state index contributed by atoms with van der Waals surface area (Å²) in [5.74, 6) is 0.586. The summed E-state index contributed by atoms with van der Waals surface area (Å²) in [6.45, 7) is 8.61. The van der Waals surface area contributed by atoms with Crippen molar-refractivity contribution in [1.82, 2.24) is 15.5 Å². The van der Waals surface area contributed by atoms with Crippen LogP contribution >= 0.6 is 11.3 Å².